The number of nitrogens with zero attached hydrogens (tertiary/aromatic N) is 2. The zero-order chi connectivity index (χ0) is 12.6. The topological polar surface area (TPSA) is 86.5 Å². The van der Waals surface area contributed by atoms with E-state index < -0.39 is 0 Å². The summed E-state index contributed by atoms with van der Waals surface area (Å²) in [6, 6.07) is 0. The predicted octanol–water partition coefficient (Wildman–Crippen LogP) is 1.62. The van der Waals surface area contributed by atoms with E-state index in [9.17, 15) is 4.79 Å². The van der Waals surface area contributed by atoms with E-state index >= 15 is 0 Å². The van der Waals surface area contributed by atoms with Gasteiger partial charge in [0, 0.05) is 17.0 Å². The zero-order valence-electron chi connectivity index (χ0n) is 10.3. The first-order chi connectivity index (χ1) is 8.00. The maximum Gasteiger partial charge on any atom is 0.260 e. The van der Waals surface area contributed by atoms with Crippen molar-refractivity contribution >= 4 is 11.7 Å². The van der Waals surface area contributed by atoms with Gasteiger partial charge in [-0.1, -0.05) is 0 Å². The van der Waals surface area contributed by atoms with E-state index in [1.807, 2.05) is 20.8 Å². The molecule has 0 bridgehead atoms. The molecule has 0 radical (unpaired) electrons. The minimum Gasteiger partial charge on any atom is -0.305 e. The van der Waals surface area contributed by atoms with Gasteiger partial charge in [-0.05, 0) is 27.7 Å². The van der Waals surface area contributed by atoms with E-state index in [0.717, 1.165) is 17.0 Å². The van der Waals surface area contributed by atoms with Gasteiger partial charge in [-0.25, -0.2) is 0 Å². The van der Waals surface area contributed by atoms with Crippen molar-refractivity contribution in [1.82, 2.24) is 20.4 Å². The Bertz CT molecular complexity index is 547. The monoisotopic (exact) mass is 233 g/mol. The van der Waals surface area contributed by atoms with Gasteiger partial charge in [-0.2, -0.15) is 10.2 Å². The number of hydrogen-bond acceptors (Lipinski definition) is 3. The van der Waals surface area contributed by atoms with Crippen LogP contribution in [-0.2, 0) is 0 Å². The molecule has 17 heavy (non-hydrogen) atoms. The molecule has 0 atom stereocenters. The number of rotatable bonds is 2. The lowest BCUT2D eigenvalue weighted by Gasteiger charge is -2.03. The molecule has 0 saturated carbocycles. The standard InChI is InChI=1S/C11H15N5O/c1-5-6(2)13-16-10(5)12-11(17)9-7(3)14-15-8(9)4/h1-4H3,(H,14,15)(H2,12,13,16,17). The molecular weight excluding hydrogens is 218 g/mol. The van der Waals surface area contributed by atoms with Gasteiger partial charge in [0.2, 0.25) is 0 Å². The average Bonchev–Trinajstić information content (AvgIpc) is 2.76. The van der Waals surface area contributed by atoms with Gasteiger partial charge in [0.25, 0.3) is 5.91 Å². The van der Waals surface area contributed by atoms with E-state index in [0.29, 0.717) is 17.1 Å². The number of carbonyl (C=O) groups excluding carboxylic acids is 1. The number of aryl methyl sites for hydroxylation is 3. The van der Waals surface area contributed by atoms with Gasteiger partial charge in [-0.15, -0.1) is 0 Å². The molecule has 0 aliphatic rings. The second kappa shape index (κ2) is 4.04. The van der Waals surface area contributed by atoms with Crippen molar-refractivity contribution in [2.75, 3.05) is 5.32 Å². The summed E-state index contributed by atoms with van der Waals surface area (Å²) in [6.45, 7) is 7.43. The van der Waals surface area contributed by atoms with Gasteiger partial charge in [0.1, 0.15) is 0 Å². The summed E-state index contributed by atoms with van der Waals surface area (Å²) < 4.78 is 0. The molecule has 2 heterocycles. The molecular formula is C11H15N5O. The van der Waals surface area contributed by atoms with Crippen LogP contribution in [0.15, 0.2) is 0 Å². The molecule has 6 heteroatoms. The van der Waals surface area contributed by atoms with Crippen LogP contribution in [0.5, 0.6) is 0 Å². The number of amides is 1. The van der Waals surface area contributed by atoms with Crippen LogP contribution in [0.25, 0.3) is 0 Å². The Labute approximate surface area is 98.8 Å². The number of aromatic amines is 2. The molecule has 0 aliphatic carbocycles. The summed E-state index contributed by atoms with van der Waals surface area (Å²) in [5.74, 6) is 0.371. The van der Waals surface area contributed by atoms with Crippen molar-refractivity contribution in [1.29, 1.82) is 0 Å². The summed E-state index contributed by atoms with van der Waals surface area (Å²) in [5.41, 5.74) is 3.90. The van der Waals surface area contributed by atoms with Gasteiger partial charge < -0.3 is 5.32 Å². The van der Waals surface area contributed by atoms with E-state index in [1.165, 1.54) is 0 Å². The fourth-order valence-electron chi connectivity index (χ4n) is 1.66. The fourth-order valence-corrected chi connectivity index (χ4v) is 1.66. The number of carbonyl (C=O) groups is 1. The normalized spacial score (nSPS) is 10.6. The summed E-state index contributed by atoms with van der Waals surface area (Å²) in [4.78, 5) is 12.1. The zero-order valence-corrected chi connectivity index (χ0v) is 10.3. The number of aromatic nitrogens is 4. The van der Waals surface area contributed by atoms with Crippen molar-refractivity contribution in [2.45, 2.75) is 27.7 Å². The van der Waals surface area contributed by atoms with Gasteiger partial charge in [0.15, 0.2) is 5.82 Å². The fraction of sp³-hybridized carbons (Fsp3) is 0.364. The first-order valence-corrected chi connectivity index (χ1v) is 5.35. The van der Waals surface area contributed by atoms with Crippen molar-refractivity contribution in [3.8, 4) is 0 Å². The second-order valence-electron chi connectivity index (χ2n) is 4.09. The molecule has 0 spiro atoms. The maximum absolute atomic E-state index is 12.1. The van der Waals surface area contributed by atoms with Crippen LogP contribution >= 0.6 is 0 Å². The van der Waals surface area contributed by atoms with Gasteiger partial charge in [-0.3, -0.25) is 15.0 Å². The molecule has 2 aromatic heterocycles. The molecule has 1 amide bonds. The number of anilines is 1. The van der Waals surface area contributed by atoms with Crippen LogP contribution in [0.1, 0.15) is 33.0 Å². The van der Waals surface area contributed by atoms with Gasteiger partial charge >= 0.3 is 0 Å². The first-order valence-electron chi connectivity index (χ1n) is 5.35. The summed E-state index contributed by atoms with van der Waals surface area (Å²) in [6.07, 6.45) is 0. The second-order valence-corrected chi connectivity index (χ2v) is 4.09. The Kier molecular flexibility index (Phi) is 2.71. The Morgan fingerprint density at radius 3 is 2.18 bits per heavy atom. The molecule has 0 aliphatic heterocycles. The SMILES string of the molecule is Cc1n[nH]c(C)c1C(=O)Nc1n[nH]c(C)c1C. The first kappa shape index (κ1) is 11.4. The smallest absolute Gasteiger partial charge is 0.260 e. The Balaban J connectivity index is 2.26. The van der Waals surface area contributed by atoms with E-state index in [4.69, 9.17) is 0 Å². The van der Waals surface area contributed by atoms with Crippen molar-refractivity contribution < 1.29 is 4.79 Å². The molecule has 3 N–H and O–H groups in total. The van der Waals surface area contributed by atoms with Crippen molar-refractivity contribution in [3.63, 3.8) is 0 Å². The average molecular weight is 233 g/mol. The highest BCUT2D eigenvalue weighted by molar-refractivity contribution is 6.05. The third kappa shape index (κ3) is 1.93. The molecule has 0 saturated heterocycles. The molecule has 0 aromatic carbocycles. The minimum atomic E-state index is -0.191. The van der Waals surface area contributed by atoms with Crippen LogP contribution in [0.4, 0.5) is 5.82 Å². The lowest BCUT2D eigenvalue weighted by molar-refractivity contribution is 0.102. The Hall–Kier alpha value is -2.11. The lowest BCUT2D eigenvalue weighted by Crippen LogP contribution is -2.14. The molecule has 6 nitrogen and oxygen atoms in total. The molecule has 2 rings (SSSR count). The third-order valence-corrected chi connectivity index (χ3v) is 2.84. The lowest BCUT2D eigenvalue weighted by atomic mass is 10.2. The molecule has 0 unspecified atom stereocenters. The number of H-pyrrole nitrogens is 2. The van der Waals surface area contributed by atoms with E-state index in [1.54, 1.807) is 6.92 Å². The minimum absolute atomic E-state index is 0.191. The van der Waals surface area contributed by atoms with Crippen LogP contribution in [-0.4, -0.2) is 26.3 Å². The highest BCUT2D eigenvalue weighted by atomic mass is 16.1. The van der Waals surface area contributed by atoms with Crippen LogP contribution in [0, 0.1) is 27.7 Å². The van der Waals surface area contributed by atoms with Crippen LogP contribution in [0.2, 0.25) is 0 Å². The highest BCUT2D eigenvalue weighted by Gasteiger charge is 2.17. The Morgan fingerprint density at radius 2 is 1.71 bits per heavy atom. The van der Waals surface area contributed by atoms with Crippen molar-refractivity contribution in [2.24, 2.45) is 0 Å². The van der Waals surface area contributed by atoms with E-state index in [-0.39, 0.29) is 5.91 Å². The number of hydrogen-bond donors (Lipinski definition) is 3. The van der Waals surface area contributed by atoms with Crippen LogP contribution < -0.4 is 5.32 Å². The maximum atomic E-state index is 12.1. The molecule has 2 aromatic rings. The summed E-state index contributed by atoms with van der Waals surface area (Å²) in [5, 5.41) is 16.4. The Morgan fingerprint density at radius 1 is 1.06 bits per heavy atom. The summed E-state index contributed by atoms with van der Waals surface area (Å²) >= 11 is 0. The summed E-state index contributed by atoms with van der Waals surface area (Å²) in [7, 11) is 0. The van der Waals surface area contributed by atoms with Crippen LogP contribution in [0.3, 0.4) is 0 Å². The molecule has 0 fully saturated rings. The van der Waals surface area contributed by atoms with Gasteiger partial charge in [0.05, 0.1) is 11.3 Å². The highest BCUT2D eigenvalue weighted by Crippen LogP contribution is 2.16. The third-order valence-electron chi connectivity index (χ3n) is 2.84. The quantitative estimate of drug-likeness (QED) is 0.736. The predicted molar refractivity (Wildman–Crippen MR) is 64.1 cm³/mol. The molecule has 90 valence electrons. The van der Waals surface area contributed by atoms with Crippen molar-refractivity contribution in [3.05, 3.63) is 28.2 Å². The van der Waals surface area contributed by atoms with E-state index in [2.05, 4.69) is 25.7 Å². The largest absolute Gasteiger partial charge is 0.305 e. The number of nitrogens with one attached hydrogen (secondary N) is 3.